The van der Waals surface area contributed by atoms with Crippen LogP contribution >= 0.6 is 0 Å². The molecule has 1 aromatic carbocycles. The predicted octanol–water partition coefficient (Wildman–Crippen LogP) is 2.49. The summed E-state index contributed by atoms with van der Waals surface area (Å²) in [7, 11) is 0. The number of hydrogen-bond acceptors (Lipinski definition) is 5. The Morgan fingerprint density at radius 2 is 2.00 bits per heavy atom. The monoisotopic (exact) mass is 386 g/mol. The van der Waals surface area contributed by atoms with Gasteiger partial charge in [0.25, 0.3) is 5.91 Å². The Morgan fingerprint density at radius 3 is 2.90 bits per heavy atom. The third kappa shape index (κ3) is 3.34. The number of nitrogens with zero attached hydrogens (tertiary/aromatic N) is 4. The first kappa shape index (κ1) is 17.8. The van der Waals surface area contributed by atoms with Gasteiger partial charge in [-0.2, -0.15) is 5.10 Å². The molecule has 7 nitrogen and oxygen atoms in total. The second-order valence-electron chi connectivity index (χ2n) is 7.31. The van der Waals surface area contributed by atoms with Crippen molar-refractivity contribution in [1.29, 1.82) is 0 Å². The van der Waals surface area contributed by atoms with E-state index in [4.69, 9.17) is 5.10 Å². The first-order valence-corrected chi connectivity index (χ1v) is 9.95. The number of carbonyl (C=O) groups is 1. The molecule has 4 heterocycles. The van der Waals surface area contributed by atoms with Crippen molar-refractivity contribution < 1.29 is 4.79 Å². The number of fused-ring (bicyclic) bond motifs is 2. The third-order valence-electron chi connectivity index (χ3n) is 5.48. The highest BCUT2D eigenvalue weighted by Gasteiger charge is 2.23. The summed E-state index contributed by atoms with van der Waals surface area (Å²) in [5, 5.41) is 14.2. The summed E-state index contributed by atoms with van der Waals surface area (Å²) >= 11 is 0. The molecule has 1 fully saturated rings. The van der Waals surface area contributed by atoms with Gasteiger partial charge >= 0.3 is 0 Å². The molecule has 1 aliphatic rings. The molecule has 146 valence electrons. The lowest BCUT2D eigenvalue weighted by molar-refractivity contribution is 0.0949. The third-order valence-corrected chi connectivity index (χ3v) is 5.48. The van der Waals surface area contributed by atoms with Gasteiger partial charge in [-0.3, -0.25) is 9.78 Å². The van der Waals surface area contributed by atoms with Gasteiger partial charge in [0.05, 0.1) is 12.2 Å². The first-order valence-electron chi connectivity index (χ1n) is 9.95. The van der Waals surface area contributed by atoms with Crippen LogP contribution in [0.3, 0.4) is 0 Å². The van der Waals surface area contributed by atoms with Crippen LogP contribution in [0.1, 0.15) is 28.5 Å². The number of amides is 1. The Labute approximate surface area is 168 Å². The summed E-state index contributed by atoms with van der Waals surface area (Å²) in [4.78, 5) is 21.5. The maximum absolute atomic E-state index is 12.7. The van der Waals surface area contributed by atoms with Crippen molar-refractivity contribution in [2.45, 2.75) is 18.9 Å². The summed E-state index contributed by atoms with van der Waals surface area (Å²) in [6.45, 7) is 2.99. The molecule has 0 saturated carbocycles. The molecule has 1 aliphatic heterocycles. The molecule has 2 N–H and O–H groups in total. The molecular formula is C22H22N6O. The lowest BCUT2D eigenvalue weighted by Crippen LogP contribution is -2.28. The van der Waals surface area contributed by atoms with Crippen LogP contribution < -0.4 is 10.6 Å². The fourth-order valence-electron chi connectivity index (χ4n) is 4.04. The topological polar surface area (TPSA) is 84.7 Å². The van der Waals surface area contributed by atoms with Gasteiger partial charge in [0.15, 0.2) is 5.65 Å². The van der Waals surface area contributed by atoms with E-state index in [-0.39, 0.29) is 5.91 Å². The number of carbonyl (C=O) groups excluding carboxylic acids is 1. The standard InChI is InChI=1S/C22H22N6O/c29-22(20-17-5-2-1-4-15(17)8-11-24-20)26-12-13-28-21-18(6-3-9-25-21)19(27-28)16-7-10-23-14-16/h1-6,8-9,11,16,23H,7,10,12-14H2,(H,26,29). The molecule has 0 spiro atoms. The fourth-order valence-corrected chi connectivity index (χ4v) is 4.04. The minimum atomic E-state index is -0.175. The highest BCUT2D eigenvalue weighted by atomic mass is 16.1. The molecule has 1 amide bonds. The number of hydrogen-bond donors (Lipinski definition) is 2. The molecule has 7 heteroatoms. The maximum atomic E-state index is 12.7. The zero-order valence-corrected chi connectivity index (χ0v) is 16.0. The zero-order chi connectivity index (χ0) is 19.6. The van der Waals surface area contributed by atoms with Crippen molar-refractivity contribution in [3.63, 3.8) is 0 Å². The van der Waals surface area contributed by atoms with Crippen molar-refractivity contribution in [3.05, 3.63) is 66.2 Å². The quantitative estimate of drug-likeness (QED) is 0.550. The van der Waals surface area contributed by atoms with Crippen LogP contribution in [0.4, 0.5) is 0 Å². The van der Waals surface area contributed by atoms with Gasteiger partial charge in [0.1, 0.15) is 5.69 Å². The van der Waals surface area contributed by atoms with Crippen LogP contribution in [0.5, 0.6) is 0 Å². The van der Waals surface area contributed by atoms with Crippen LogP contribution in [0.15, 0.2) is 54.9 Å². The van der Waals surface area contributed by atoms with Gasteiger partial charge in [0, 0.05) is 42.2 Å². The Bertz CT molecular complexity index is 1170. The number of nitrogens with one attached hydrogen (secondary N) is 2. The molecule has 1 unspecified atom stereocenters. The van der Waals surface area contributed by atoms with Crippen LogP contribution in [0.25, 0.3) is 21.8 Å². The molecule has 1 saturated heterocycles. The van der Waals surface area contributed by atoms with E-state index >= 15 is 0 Å². The average molecular weight is 386 g/mol. The highest BCUT2D eigenvalue weighted by Crippen LogP contribution is 2.27. The molecule has 0 bridgehead atoms. The van der Waals surface area contributed by atoms with Crippen LogP contribution in [0, 0.1) is 0 Å². The second kappa shape index (κ2) is 7.60. The summed E-state index contributed by atoms with van der Waals surface area (Å²) in [6, 6.07) is 13.7. The van der Waals surface area contributed by atoms with Crippen LogP contribution in [-0.4, -0.2) is 45.3 Å². The second-order valence-corrected chi connectivity index (χ2v) is 7.31. The van der Waals surface area contributed by atoms with E-state index in [1.54, 1.807) is 12.4 Å². The largest absolute Gasteiger partial charge is 0.349 e. The van der Waals surface area contributed by atoms with Gasteiger partial charge in [-0.25, -0.2) is 9.67 Å². The van der Waals surface area contributed by atoms with Crippen molar-refractivity contribution in [2.75, 3.05) is 19.6 Å². The molecule has 3 aromatic heterocycles. The minimum absolute atomic E-state index is 0.175. The Balaban J connectivity index is 1.34. The van der Waals surface area contributed by atoms with Gasteiger partial charge in [0.2, 0.25) is 0 Å². The smallest absolute Gasteiger partial charge is 0.270 e. The van der Waals surface area contributed by atoms with Gasteiger partial charge in [-0.15, -0.1) is 0 Å². The Kier molecular flexibility index (Phi) is 4.65. The summed E-state index contributed by atoms with van der Waals surface area (Å²) < 4.78 is 1.90. The molecule has 0 radical (unpaired) electrons. The average Bonchev–Trinajstić information content (AvgIpc) is 3.41. The Morgan fingerprint density at radius 1 is 1.10 bits per heavy atom. The minimum Gasteiger partial charge on any atom is -0.349 e. The maximum Gasteiger partial charge on any atom is 0.270 e. The van der Waals surface area contributed by atoms with Crippen molar-refractivity contribution in [1.82, 2.24) is 30.4 Å². The number of aromatic nitrogens is 4. The molecule has 0 aliphatic carbocycles. The van der Waals surface area contributed by atoms with Gasteiger partial charge < -0.3 is 10.6 Å². The van der Waals surface area contributed by atoms with E-state index in [1.807, 2.05) is 41.1 Å². The van der Waals surface area contributed by atoms with E-state index < -0.39 is 0 Å². The zero-order valence-electron chi connectivity index (χ0n) is 16.0. The van der Waals surface area contributed by atoms with Crippen molar-refractivity contribution >= 4 is 27.7 Å². The van der Waals surface area contributed by atoms with Crippen LogP contribution in [0.2, 0.25) is 0 Å². The first-order chi connectivity index (χ1) is 14.3. The summed E-state index contributed by atoms with van der Waals surface area (Å²) in [5.74, 6) is 0.240. The number of benzene rings is 1. The summed E-state index contributed by atoms with van der Waals surface area (Å²) in [5.41, 5.74) is 2.41. The predicted molar refractivity (Wildman–Crippen MR) is 112 cm³/mol. The molecule has 1 atom stereocenters. The van der Waals surface area contributed by atoms with Crippen molar-refractivity contribution in [2.24, 2.45) is 0 Å². The van der Waals surface area contributed by atoms with Gasteiger partial charge in [-0.05, 0) is 36.6 Å². The van der Waals surface area contributed by atoms with Crippen molar-refractivity contribution in [3.8, 4) is 0 Å². The van der Waals surface area contributed by atoms with E-state index in [0.717, 1.165) is 47.0 Å². The molecular weight excluding hydrogens is 364 g/mol. The highest BCUT2D eigenvalue weighted by molar-refractivity contribution is 6.05. The van der Waals surface area contributed by atoms with E-state index in [2.05, 4.69) is 26.7 Å². The normalized spacial score (nSPS) is 16.5. The lowest BCUT2D eigenvalue weighted by Gasteiger charge is -2.08. The van der Waals surface area contributed by atoms with Gasteiger partial charge in [-0.1, -0.05) is 24.3 Å². The van der Waals surface area contributed by atoms with E-state index in [0.29, 0.717) is 24.7 Å². The number of rotatable bonds is 5. The molecule has 29 heavy (non-hydrogen) atoms. The fraction of sp³-hybridized carbons (Fsp3) is 0.273. The SMILES string of the molecule is O=C(NCCn1nc(C2CCNC2)c2cccnc21)c1nccc2ccccc12. The van der Waals surface area contributed by atoms with E-state index in [9.17, 15) is 4.79 Å². The molecule has 5 rings (SSSR count). The number of pyridine rings is 2. The van der Waals surface area contributed by atoms with Crippen LogP contribution in [-0.2, 0) is 6.54 Å². The van der Waals surface area contributed by atoms with E-state index in [1.165, 1.54) is 0 Å². The molecule has 4 aromatic rings. The Hall–Kier alpha value is -3.32. The summed E-state index contributed by atoms with van der Waals surface area (Å²) in [6.07, 6.45) is 4.55. The lowest BCUT2D eigenvalue weighted by atomic mass is 10.0.